The fourth-order valence-corrected chi connectivity index (χ4v) is 0.307. The Hall–Kier alpha value is -0.990. The van der Waals surface area contributed by atoms with Crippen molar-refractivity contribution in [3.63, 3.8) is 0 Å². The van der Waals surface area contributed by atoms with Gasteiger partial charge in [0.15, 0.2) is 0 Å². The lowest BCUT2D eigenvalue weighted by atomic mass is 10.3. The maximum Gasteiger partial charge on any atom is 0.125 e. The molecule has 0 heterocycles. The molecule has 44 valence electrons. The summed E-state index contributed by atoms with van der Waals surface area (Å²) >= 11 is 0. The minimum Gasteiger partial charge on any atom is -0.310 e. The second kappa shape index (κ2) is 3.07. The zero-order valence-electron chi connectivity index (χ0n) is 4.86. The Kier molecular flexibility index (Phi) is 2.69. The molecule has 0 spiro atoms. The number of nitrogens with zero attached hydrogens (tertiary/aromatic N) is 1. The van der Waals surface area contributed by atoms with Crippen molar-refractivity contribution in [3.05, 3.63) is 0 Å². The first-order valence-corrected chi connectivity index (χ1v) is 2.25. The molecule has 0 atom stereocenters. The SMILES string of the molecule is C=NC(=N)CC(C)=N. The van der Waals surface area contributed by atoms with Crippen molar-refractivity contribution in [1.82, 2.24) is 0 Å². The Labute approximate surface area is 48.5 Å². The van der Waals surface area contributed by atoms with Crippen LogP contribution >= 0.6 is 0 Å². The molecule has 0 saturated carbocycles. The summed E-state index contributed by atoms with van der Waals surface area (Å²) in [6, 6.07) is 0. The van der Waals surface area contributed by atoms with Crippen LogP contribution in [0.4, 0.5) is 0 Å². The number of hydrogen-bond donors (Lipinski definition) is 2. The number of aliphatic imine (C=N–C) groups is 1. The van der Waals surface area contributed by atoms with E-state index < -0.39 is 0 Å². The molecule has 8 heavy (non-hydrogen) atoms. The lowest BCUT2D eigenvalue weighted by Crippen LogP contribution is -1.97. The van der Waals surface area contributed by atoms with Crippen molar-refractivity contribution >= 4 is 18.3 Å². The molecule has 2 N–H and O–H groups in total. The lowest BCUT2D eigenvalue weighted by Gasteiger charge is -1.90. The van der Waals surface area contributed by atoms with E-state index in [1.807, 2.05) is 0 Å². The van der Waals surface area contributed by atoms with Crippen LogP contribution in [0.3, 0.4) is 0 Å². The molecule has 3 nitrogen and oxygen atoms in total. The first-order chi connectivity index (χ1) is 3.66. The predicted octanol–water partition coefficient (Wildman–Crippen LogP) is 1.09. The first-order valence-electron chi connectivity index (χ1n) is 2.25. The Morgan fingerprint density at radius 3 is 2.25 bits per heavy atom. The van der Waals surface area contributed by atoms with Crippen LogP contribution < -0.4 is 0 Å². The quantitative estimate of drug-likeness (QED) is 0.396. The van der Waals surface area contributed by atoms with Gasteiger partial charge in [-0.05, 0) is 13.6 Å². The normalized spacial score (nSPS) is 8.12. The summed E-state index contributed by atoms with van der Waals surface area (Å²) in [6.07, 6.45) is 0.323. The van der Waals surface area contributed by atoms with E-state index in [4.69, 9.17) is 10.8 Å². The first kappa shape index (κ1) is 7.01. The third kappa shape index (κ3) is 3.21. The second-order valence-corrected chi connectivity index (χ2v) is 1.56. The van der Waals surface area contributed by atoms with Crippen LogP contribution in [0.15, 0.2) is 4.99 Å². The monoisotopic (exact) mass is 111 g/mol. The van der Waals surface area contributed by atoms with Gasteiger partial charge in [-0.15, -0.1) is 0 Å². The van der Waals surface area contributed by atoms with Crippen molar-refractivity contribution in [3.8, 4) is 0 Å². The summed E-state index contributed by atoms with van der Waals surface area (Å²) in [5.41, 5.74) is 0.447. The summed E-state index contributed by atoms with van der Waals surface area (Å²) in [4.78, 5) is 3.32. The molecule has 0 aromatic heterocycles. The second-order valence-electron chi connectivity index (χ2n) is 1.56. The van der Waals surface area contributed by atoms with Gasteiger partial charge < -0.3 is 5.41 Å². The van der Waals surface area contributed by atoms with Gasteiger partial charge in [-0.25, -0.2) is 4.99 Å². The minimum atomic E-state index is 0.164. The fraction of sp³-hybridized carbons (Fsp3) is 0.400. The third-order valence-electron chi connectivity index (χ3n) is 0.623. The van der Waals surface area contributed by atoms with Crippen LogP contribution in [-0.4, -0.2) is 18.3 Å². The Morgan fingerprint density at radius 2 is 2.12 bits per heavy atom. The smallest absolute Gasteiger partial charge is 0.125 e. The van der Waals surface area contributed by atoms with Crippen molar-refractivity contribution in [1.29, 1.82) is 10.8 Å². The van der Waals surface area contributed by atoms with Gasteiger partial charge in [-0.1, -0.05) is 0 Å². The molecule has 0 aliphatic carbocycles. The van der Waals surface area contributed by atoms with Gasteiger partial charge >= 0.3 is 0 Å². The summed E-state index contributed by atoms with van der Waals surface area (Å²) in [5, 5.41) is 13.8. The molecule has 0 fully saturated rings. The van der Waals surface area contributed by atoms with Crippen LogP contribution in [0.2, 0.25) is 0 Å². The molecule has 0 amide bonds. The lowest BCUT2D eigenvalue weighted by molar-refractivity contribution is 1.31. The molecular weight excluding hydrogens is 102 g/mol. The Morgan fingerprint density at radius 1 is 1.62 bits per heavy atom. The van der Waals surface area contributed by atoms with Gasteiger partial charge in [0.25, 0.3) is 0 Å². The fourth-order valence-electron chi connectivity index (χ4n) is 0.307. The Bertz CT molecular complexity index is 126. The number of hydrogen-bond acceptors (Lipinski definition) is 2. The molecule has 0 radical (unpaired) electrons. The third-order valence-corrected chi connectivity index (χ3v) is 0.623. The van der Waals surface area contributed by atoms with Gasteiger partial charge in [0, 0.05) is 12.1 Å². The molecule has 0 rings (SSSR count). The topological polar surface area (TPSA) is 60.1 Å². The maximum atomic E-state index is 6.90. The van der Waals surface area contributed by atoms with Crippen LogP contribution in [0.1, 0.15) is 13.3 Å². The van der Waals surface area contributed by atoms with Crippen molar-refractivity contribution in [2.24, 2.45) is 4.99 Å². The average molecular weight is 111 g/mol. The highest BCUT2D eigenvalue weighted by atomic mass is 14.8. The molecule has 0 bridgehead atoms. The average Bonchev–Trinajstić information content (AvgIpc) is 1.65. The highest BCUT2D eigenvalue weighted by Crippen LogP contribution is 1.84. The molecule has 3 heteroatoms. The number of amidine groups is 1. The van der Waals surface area contributed by atoms with E-state index in [1.165, 1.54) is 0 Å². The van der Waals surface area contributed by atoms with Gasteiger partial charge in [-0.2, -0.15) is 0 Å². The van der Waals surface area contributed by atoms with Crippen LogP contribution in [0.5, 0.6) is 0 Å². The van der Waals surface area contributed by atoms with E-state index in [1.54, 1.807) is 6.92 Å². The Balaban J connectivity index is 3.55. The molecular formula is C5H9N3. The number of nitrogens with one attached hydrogen (secondary N) is 2. The van der Waals surface area contributed by atoms with Crippen molar-refractivity contribution in [2.75, 3.05) is 0 Å². The summed E-state index contributed by atoms with van der Waals surface area (Å²) in [7, 11) is 0. The van der Waals surface area contributed by atoms with Gasteiger partial charge in [0.1, 0.15) is 5.84 Å². The zero-order chi connectivity index (χ0) is 6.57. The molecule has 0 aromatic carbocycles. The van der Waals surface area contributed by atoms with Crippen LogP contribution in [-0.2, 0) is 0 Å². The van der Waals surface area contributed by atoms with E-state index in [0.29, 0.717) is 12.1 Å². The largest absolute Gasteiger partial charge is 0.310 e. The van der Waals surface area contributed by atoms with Crippen molar-refractivity contribution in [2.45, 2.75) is 13.3 Å². The van der Waals surface area contributed by atoms with Gasteiger partial charge in [-0.3, -0.25) is 5.41 Å². The summed E-state index contributed by atoms with van der Waals surface area (Å²) < 4.78 is 0. The van der Waals surface area contributed by atoms with Gasteiger partial charge in [0.05, 0.1) is 0 Å². The molecule has 0 aliphatic heterocycles. The van der Waals surface area contributed by atoms with Crippen LogP contribution in [0, 0.1) is 10.8 Å². The molecule has 0 aromatic rings. The van der Waals surface area contributed by atoms with E-state index in [2.05, 4.69) is 11.7 Å². The highest BCUT2D eigenvalue weighted by molar-refractivity contribution is 6.01. The summed E-state index contributed by atoms with van der Waals surface area (Å²) in [5.74, 6) is 0.164. The van der Waals surface area contributed by atoms with E-state index in [0.717, 1.165) is 0 Å². The molecule has 0 saturated heterocycles. The van der Waals surface area contributed by atoms with E-state index in [-0.39, 0.29) is 5.84 Å². The standard InChI is InChI=1S/C5H9N3/c1-4(6)3-5(7)8-2/h6-7H,2-3H2,1H3. The van der Waals surface area contributed by atoms with E-state index >= 15 is 0 Å². The minimum absolute atomic E-state index is 0.164. The molecule has 0 unspecified atom stereocenters. The number of rotatable bonds is 2. The van der Waals surface area contributed by atoms with E-state index in [9.17, 15) is 0 Å². The summed E-state index contributed by atoms with van der Waals surface area (Å²) in [6.45, 7) is 4.78. The maximum absolute atomic E-state index is 6.90. The van der Waals surface area contributed by atoms with Crippen LogP contribution in [0.25, 0.3) is 0 Å². The highest BCUT2D eigenvalue weighted by Gasteiger charge is 1.90. The molecule has 0 aliphatic rings. The van der Waals surface area contributed by atoms with Gasteiger partial charge in [0.2, 0.25) is 0 Å². The zero-order valence-corrected chi connectivity index (χ0v) is 4.86. The predicted molar refractivity (Wildman–Crippen MR) is 35.3 cm³/mol. The van der Waals surface area contributed by atoms with Crippen molar-refractivity contribution < 1.29 is 0 Å².